The summed E-state index contributed by atoms with van der Waals surface area (Å²) in [6, 6.07) is 19.1. The minimum absolute atomic E-state index is 0.133. The van der Waals surface area contributed by atoms with Gasteiger partial charge in [0, 0.05) is 47.9 Å². The first-order valence-electron chi connectivity index (χ1n) is 12.5. The third-order valence-corrected chi connectivity index (χ3v) is 7.23. The standard InChI is InChI=1S/C28H29N7O2/c1-35-15-11-28(12-16-35,27-31-25(33-34-27)19-9-13-29-14-10-19)32-21-6-4-5-20(17-21)26(36)30-23-18-37-24-8-3-2-7-22(23)24/h2-10,13-14,17,23,32H,11-12,15-16,18H2,1H3,(H,30,36)(H,31,33,34)/t23-/m0/s1. The van der Waals surface area contributed by atoms with Gasteiger partial charge in [-0.2, -0.15) is 5.10 Å². The van der Waals surface area contributed by atoms with E-state index in [1.165, 1.54) is 0 Å². The number of carbonyl (C=O) groups excluding carboxylic acids is 1. The molecule has 0 spiro atoms. The summed E-state index contributed by atoms with van der Waals surface area (Å²) in [6.45, 7) is 2.27. The number of hydrogen-bond donors (Lipinski definition) is 3. The van der Waals surface area contributed by atoms with Crippen molar-refractivity contribution in [2.45, 2.75) is 24.4 Å². The van der Waals surface area contributed by atoms with Gasteiger partial charge in [-0.3, -0.25) is 14.9 Å². The van der Waals surface area contributed by atoms with Gasteiger partial charge in [-0.15, -0.1) is 0 Å². The Morgan fingerprint density at radius 1 is 1.08 bits per heavy atom. The number of para-hydroxylation sites is 1. The summed E-state index contributed by atoms with van der Waals surface area (Å²) in [5.74, 6) is 2.13. The molecular formula is C28H29N7O2. The van der Waals surface area contributed by atoms with Crippen LogP contribution in [0.25, 0.3) is 11.4 Å². The van der Waals surface area contributed by atoms with Gasteiger partial charge in [0.25, 0.3) is 5.91 Å². The van der Waals surface area contributed by atoms with Gasteiger partial charge in [-0.25, -0.2) is 4.98 Å². The third-order valence-electron chi connectivity index (χ3n) is 7.23. The molecule has 2 aliphatic rings. The maximum atomic E-state index is 13.2. The van der Waals surface area contributed by atoms with E-state index < -0.39 is 5.54 Å². The Hall–Kier alpha value is -4.24. The number of anilines is 1. The number of amides is 1. The van der Waals surface area contributed by atoms with E-state index in [4.69, 9.17) is 9.72 Å². The molecule has 37 heavy (non-hydrogen) atoms. The molecular weight excluding hydrogens is 466 g/mol. The number of carbonyl (C=O) groups is 1. The summed E-state index contributed by atoms with van der Waals surface area (Å²) in [6.07, 6.45) is 5.17. The Bertz CT molecular complexity index is 1400. The molecule has 9 nitrogen and oxygen atoms in total. The fourth-order valence-electron chi connectivity index (χ4n) is 5.07. The highest BCUT2D eigenvalue weighted by Gasteiger charge is 2.39. The Balaban J connectivity index is 1.24. The van der Waals surface area contributed by atoms with E-state index in [0.717, 1.165) is 54.3 Å². The van der Waals surface area contributed by atoms with E-state index in [1.807, 2.05) is 60.7 Å². The number of pyridine rings is 1. The molecule has 1 atom stereocenters. The maximum Gasteiger partial charge on any atom is 0.251 e. The Labute approximate surface area is 215 Å². The SMILES string of the molecule is CN1CCC(Nc2cccc(C(=O)N[C@H]3COc4ccccc43)c2)(c2nc(-c3ccncc3)n[nH]2)CC1. The van der Waals surface area contributed by atoms with Crippen LogP contribution in [0.2, 0.25) is 0 Å². The Morgan fingerprint density at radius 3 is 2.73 bits per heavy atom. The first-order valence-corrected chi connectivity index (χ1v) is 12.5. The van der Waals surface area contributed by atoms with Crippen LogP contribution in [0.4, 0.5) is 5.69 Å². The molecule has 2 aromatic heterocycles. The minimum Gasteiger partial charge on any atom is -0.491 e. The molecule has 0 saturated carbocycles. The number of piperidine rings is 1. The predicted molar refractivity (Wildman–Crippen MR) is 140 cm³/mol. The van der Waals surface area contributed by atoms with Crippen LogP contribution in [0, 0.1) is 0 Å². The van der Waals surface area contributed by atoms with Gasteiger partial charge in [0.15, 0.2) is 11.6 Å². The van der Waals surface area contributed by atoms with E-state index in [1.54, 1.807) is 12.4 Å². The van der Waals surface area contributed by atoms with Crippen LogP contribution < -0.4 is 15.4 Å². The van der Waals surface area contributed by atoms with E-state index in [-0.39, 0.29) is 11.9 Å². The lowest BCUT2D eigenvalue weighted by Gasteiger charge is -2.40. The number of H-pyrrole nitrogens is 1. The average molecular weight is 496 g/mol. The zero-order valence-corrected chi connectivity index (χ0v) is 20.6. The number of aromatic nitrogens is 4. The van der Waals surface area contributed by atoms with Crippen LogP contribution in [-0.4, -0.2) is 57.7 Å². The maximum absolute atomic E-state index is 13.2. The van der Waals surface area contributed by atoms with Crippen LogP contribution >= 0.6 is 0 Å². The normalized spacial score (nSPS) is 18.6. The average Bonchev–Trinajstić information content (AvgIpc) is 3.59. The van der Waals surface area contributed by atoms with Crippen molar-refractivity contribution in [3.8, 4) is 17.1 Å². The molecule has 0 unspecified atom stereocenters. The monoisotopic (exact) mass is 495 g/mol. The molecule has 2 aromatic carbocycles. The highest BCUT2D eigenvalue weighted by atomic mass is 16.5. The number of nitrogens with one attached hydrogen (secondary N) is 3. The minimum atomic E-state index is -0.432. The third kappa shape index (κ3) is 4.65. The molecule has 1 amide bonds. The highest BCUT2D eigenvalue weighted by molar-refractivity contribution is 5.95. The van der Waals surface area contributed by atoms with Crippen LogP contribution in [0.3, 0.4) is 0 Å². The summed E-state index contributed by atoms with van der Waals surface area (Å²) >= 11 is 0. The van der Waals surface area contributed by atoms with Crippen molar-refractivity contribution >= 4 is 11.6 Å². The molecule has 0 radical (unpaired) electrons. The number of ether oxygens (including phenoxy) is 1. The smallest absolute Gasteiger partial charge is 0.251 e. The molecule has 2 aliphatic heterocycles. The van der Waals surface area contributed by atoms with Crippen LogP contribution in [0.1, 0.15) is 40.6 Å². The van der Waals surface area contributed by atoms with Crippen molar-refractivity contribution < 1.29 is 9.53 Å². The second-order valence-corrected chi connectivity index (χ2v) is 9.71. The van der Waals surface area contributed by atoms with Crippen molar-refractivity contribution in [3.63, 3.8) is 0 Å². The van der Waals surface area contributed by atoms with Crippen molar-refractivity contribution in [2.24, 2.45) is 0 Å². The predicted octanol–water partition coefficient (Wildman–Crippen LogP) is 3.76. The van der Waals surface area contributed by atoms with Gasteiger partial charge in [0.1, 0.15) is 12.4 Å². The van der Waals surface area contributed by atoms with Gasteiger partial charge >= 0.3 is 0 Å². The van der Waals surface area contributed by atoms with E-state index in [2.05, 4.69) is 37.8 Å². The van der Waals surface area contributed by atoms with E-state index in [0.29, 0.717) is 18.0 Å². The largest absolute Gasteiger partial charge is 0.491 e. The second kappa shape index (κ2) is 9.67. The van der Waals surface area contributed by atoms with Gasteiger partial charge in [0.05, 0.1) is 11.6 Å². The molecule has 1 fully saturated rings. The van der Waals surface area contributed by atoms with Gasteiger partial charge < -0.3 is 20.3 Å². The number of nitrogens with zero attached hydrogens (tertiary/aromatic N) is 4. The quantitative estimate of drug-likeness (QED) is 0.374. The number of benzene rings is 2. The summed E-state index contributed by atoms with van der Waals surface area (Å²) in [5, 5.41) is 14.5. The topological polar surface area (TPSA) is 108 Å². The van der Waals surface area contributed by atoms with Crippen LogP contribution in [0.5, 0.6) is 5.75 Å². The molecule has 0 bridgehead atoms. The fourth-order valence-corrected chi connectivity index (χ4v) is 5.07. The van der Waals surface area contributed by atoms with Crippen molar-refractivity contribution in [3.05, 3.63) is 90.0 Å². The number of aromatic amines is 1. The van der Waals surface area contributed by atoms with Gasteiger partial charge in [0.2, 0.25) is 0 Å². The number of hydrogen-bond acceptors (Lipinski definition) is 7. The highest BCUT2D eigenvalue weighted by Crippen LogP contribution is 2.36. The van der Waals surface area contributed by atoms with Crippen molar-refractivity contribution in [1.29, 1.82) is 0 Å². The number of likely N-dealkylation sites (tertiary alicyclic amines) is 1. The number of rotatable bonds is 6. The zero-order valence-electron chi connectivity index (χ0n) is 20.6. The lowest BCUT2D eigenvalue weighted by molar-refractivity contribution is 0.0930. The lowest BCUT2D eigenvalue weighted by atomic mass is 9.86. The summed E-state index contributed by atoms with van der Waals surface area (Å²) < 4.78 is 5.73. The molecule has 4 heterocycles. The zero-order chi connectivity index (χ0) is 25.2. The van der Waals surface area contributed by atoms with Gasteiger partial charge in [-0.1, -0.05) is 24.3 Å². The second-order valence-electron chi connectivity index (χ2n) is 9.71. The molecule has 6 rings (SSSR count). The van der Waals surface area contributed by atoms with Crippen LogP contribution in [0.15, 0.2) is 73.1 Å². The van der Waals surface area contributed by atoms with Crippen molar-refractivity contribution in [2.75, 3.05) is 32.1 Å². The molecule has 3 N–H and O–H groups in total. The summed E-state index contributed by atoms with van der Waals surface area (Å²) in [5.41, 5.74) is 2.94. The summed E-state index contributed by atoms with van der Waals surface area (Å²) in [7, 11) is 2.13. The fraction of sp³-hybridized carbons (Fsp3) is 0.286. The Morgan fingerprint density at radius 2 is 1.89 bits per heavy atom. The van der Waals surface area contributed by atoms with E-state index >= 15 is 0 Å². The first-order chi connectivity index (χ1) is 18.1. The Kier molecular flexibility index (Phi) is 6.05. The molecule has 4 aromatic rings. The molecule has 9 heteroatoms. The van der Waals surface area contributed by atoms with Crippen LogP contribution in [-0.2, 0) is 5.54 Å². The number of fused-ring (bicyclic) bond motifs is 1. The van der Waals surface area contributed by atoms with E-state index in [9.17, 15) is 4.79 Å². The lowest BCUT2D eigenvalue weighted by Crippen LogP contribution is -2.46. The molecule has 0 aliphatic carbocycles. The van der Waals surface area contributed by atoms with Crippen molar-refractivity contribution in [1.82, 2.24) is 30.4 Å². The molecule has 188 valence electrons. The van der Waals surface area contributed by atoms with Gasteiger partial charge in [-0.05, 0) is 56.3 Å². The first kappa shape index (κ1) is 23.2. The summed E-state index contributed by atoms with van der Waals surface area (Å²) in [4.78, 5) is 24.4. The molecule has 1 saturated heterocycles.